The zero-order valence-corrected chi connectivity index (χ0v) is 12.9. The Morgan fingerprint density at radius 1 is 0.950 bits per heavy atom. The van der Waals surface area contributed by atoms with E-state index in [-0.39, 0.29) is 11.6 Å². The van der Waals surface area contributed by atoms with Crippen LogP contribution in [0.2, 0.25) is 0 Å². The van der Waals surface area contributed by atoms with E-state index in [1.807, 2.05) is 0 Å². The quantitative estimate of drug-likeness (QED) is 0.420. The normalized spacial score (nSPS) is 11.4. The van der Waals surface area contributed by atoms with Gasteiger partial charge >= 0.3 is 5.97 Å². The van der Waals surface area contributed by atoms with Gasteiger partial charge in [0.25, 0.3) is 0 Å². The van der Waals surface area contributed by atoms with Gasteiger partial charge in [-0.15, -0.1) is 0 Å². The molecule has 0 aliphatic heterocycles. The highest BCUT2D eigenvalue weighted by Gasteiger charge is 2.09. The highest BCUT2D eigenvalue weighted by atomic mass is 16.4. The molecule has 0 rings (SSSR count). The zero-order chi connectivity index (χ0) is 15.2. The molecule has 0 radical (unpaired) electrons. The number of nitrogens with one attached hydrogen (secondary N) is 1. The molecule has 0 aliphatic carbocycles. The van der Waals surface area contributed by atoms with Crippen LogP contribution in [-0.2, 0) is 9.59 Å². The molecule has 0 saturated heterocycles. The minimum Gasteiger partial charge on any atom is -0.477 e. The van der Waals surface area contributed by atoms with Crippen LogP contribution in [0.25, 0.3) is 0 Å². The first-order valence-electron chi connectivity index (χ1n) is 7.81. The van der Waals surface area contributed by atoms with Gasteiger partial charge in [-0.1, -0.05) is 64.4 Å². The molecule has 0 aromatic carbocycles. The van der Waals surface area contributed by atoms with Crippen molar-refractivity contribution < 1.29 is 14.7 Å². The Kier molecular flexibility index (Phi) is 11.9. The Labute approximate surface area is 122 Å². The molecule has 0 fully saturated rings. The number of allylic oxidation sites excluding steroid dienone is 1. The van der Waals surface area contributed by atoms with Crippen LogP contribution in [0.3, 0.4) is 0 Å². The van der Waals surface area contributed by atoms with Crippen LogP contribution in [0.4, 0.5) is 0 Å². The van der Waals surface area contributed by atoms with Gasteiger partial charge in [-0.3, -0.25) is 4.79 Å². The lowest BCUT2D eigenvalue weighted by Gasteiger charge is -2.05. The van der Waals surface area contributed by atoms with Crippen LogP contribution in [0, 0.1) is 0 Å². The lowest BCUT2D eigenvalue weighted by atomic mass is 10.1. The largest absolute Gasteiger partial charge is 0.477 e. The number of carboxylic acid groups (broad SMARTS) is 1. The maximum Gasteiger partial charge on any atom is 0.352 e. The number of amides is 1. The summed E-state index contributed by atoms with van der Waals surface area (Å²) in [6.07, 6.45) is 12.6. The Balaban J connectivity index is 3.46. The van der Waals surface area contributed by atoms with Gasteiger partial charge in [0.1, 0.15) is 5.70 Å². The third kappa shape index (κ3) is 10.6. The van der Waals surface area contributed by atoms with E-state index in [1.54, 1.807) is 6.92 Å². The van der Waals surface area contributed by atoms with Crippen LogP contribution >= 0.6 is 0 Å². The van der Waals surface area contributed by atoms with Crippen molar-refractivity contribution in [3.63, 3.8) is 0 Å². The Morgan fingerprint density at radius 3 is 1.90 bits per heavy atom. The van der Waals surface area contributed by atoms with E-state index in [0.29, 0.717) is 6.42 Å². The molecule has 0 saturated carbocycles. The second kappa shape index (κ2) is 12.7. The zero-order valence-electron chi connectivity index (χ0n) is 12.9. The highest BCUT2D eigenvalue weighted by Crippen LogP contribution is 2.10. The van der Waals surface area contributed by atoms with Crippen LogP contribution in [0.1, 0.15) is 78.1 Å². The lowest BCUT2D eigenvalue weighted by Crippen LogP contribution is -2.26. The number of carbonyl (C=O) groups is 2. The first-order chi connectivity index (χ1) is 9.61. The molecule has 4 nitrogen and oxygen atoms in total. The number of unbranched alkanes of at least 4 members (excludes halogenated alkanes) is 8. The maximum absolute atomic E-state index is 11.5. The number of aliphatic carboxylic acids is 1. The minimum absolute atomic E-state index is 0.0362. The number of carboxylic acids is 1. The minimum atomic E-state index is -1.09. The molecule has 0 aromatic rings. The molecule has 0 aromatic heterocycles. The smallest absolute Gasteiger partial charge is 0.352 e. The molecule has 20 heavy (non-hydrogen) atoms. The molecule has 0 aliphatic rings. The van der Waals surface area contributed by atoms with Gasteiger partial charge in [-0.25, -0.2) is 4.79 Å². The molecular formula is C16H29NO3. The van der Waals surface area contributed by atoms with Crippen molar-refractivity contribution in [2.45, 2.75) is 78.1 Å². The van der Waals surface area contributed by atoms with Gasteiger partial charge in [0.15, 0.2) is 0 Å². The second-order valence-electron chi connectivity index (χ2n) is 5.13. The van der Waals surface area contributed by atoms with Gasteiger partial charge in [0.05, 0.1) is 0 Å². The highest BCUT2D eigenvalue weighted by molar-refractivity contribution is 5.92. The van der Waals surface area contributed by atoms with Gasteiger partial charge in [0, 0.05) is 6.42 Å². The van der Waals surface area contributed by atoms with Crippen molar-refractivity contribution in [2.24, 2.45) is 0 Å². The standard InChI is InChI=1S/C16H29NO3/c1-3-5-6-7-8-9-10-11-12-13-15(18)17-14(4-2)16(19)20/h4H,3,5-13H2,1-2H3,(H,17,18)(H,19,20). The predicted octanol–water partition coefficient (Wildman–Crippen LogP) is 4.01. The first-order valence-corrected chi connectivity index (χ1v) is 7.81. The molecular weight excluding hydrogens is 254 g/mol. The summed E-state index contributed by atoms with van der Waals surface area (Å²) in [6.45, 7) is 3.82. The van der Waals surface area contributed by atoms with Crippen LogP contribution < -0.4 is 5.32 Å². The van der Waals surface area contributed by atoms with E-state index >= 15 is 0 Å². The van der Waals surface area contributed by atoms with Crippen molar-refractivity contribution in [1.82, 2.24) is 5.32 Å². The average molecular weight is 283 g/mol. The summed E-state index contributed by atoms with van der Waals surface area (Å²) in [4.78, 5) is 22.2. The van der Waals surface area contributed by atoms with Crippen molar-refractivity contribution in [3.05, 3.63) is 11.8 Å². The lowest BCUT2D eigenvalue weighted by molar-refractivity contribution is -0.134. The van der Waals surface area contributed by atoms with E-state index in [4.69, 9.17) is 5.11 Å². The van der Waals surface area contributed by atoms with E-state index in [1.165, 1.54) is 44.6 Å². The summed E-state index contributed by atoms with van der Waals surface area (Å²) in [6, 6.07) is 0. The van der Waals surface area contributed by atoms with Crippen LogP contribution in [0.15, 0.2) is 11.8 Å². The average Bonchev–Trinajstić information content (AvgIpc) is 2.42. The summed E-state index contributed by atoms with van der Waals surface area (Å²) in [7, 11) is 0. The molecule has 2 N–H and O–H groups in total. The first kappa shape index (κ1) is 18.7. The number of hydrogen-bond acceptors (Lipinski definition) is 2. The topological polar surface area (TPSA) is 66.4 Å². The third-order valence-corrected chi connectivity index (χ3v) is 3.30. The molecule has 4 heteroatoms. The Morgan fingerprint density at radius 2 is 1.45 bits per heavy atom. The van der Waals surface area contributed by atoms with Gasteiger partial charge in [-0.2, -0.15) is 0 Å². The van der Waals surface area contributed by atoms with Crippen LogP contribution in [0.5, 0.6) is 0 Å². The SMILES string of the molecule is CC=C(NC(=O)CCCCCCCCCCC)C(=O)O. The van der Waals surface area contributed by atoms with E-state index in [0.717, 1.165) is 19.3 Å². The Bertz CT molecular complexity index is 311. The van der Waals surface area contributed by atoms with Crippen molar-refractivity contribution in [1.29, 1.82) is 0 Å². The van der Waals surface area contributed by atoms with Gasteiger partial charge in [0.2, 0.25) is 5.91 Å². The van der Waals surface area contributed by atoms with Crippen molar-refractivity contribution in [3.8, 4) is 0 Å². The molecule has 0 heterocycles. The van der Waals surface area contributed by atoms with Gasteiger partial charge < -0.3 is 10.4 Å². The molecule has 0 bridgehead atoms. The summed E-state index contributed by atoms with van der Waals surface area (Å²) in [5.74, 6) is -1.30. The monoisotopic (exact) mass is 283 g/mol. The van der Waals surface area contributed by atoms with Crippen molar-refractivity contribution in [2.75, 3.05) is 0 Å². The fourth-order valence-electron chi connectivity index (χ4n) is 2.06. The molecule has 0 atom stereocenters. The summed E-state index contributed by atoms with van der Waals surface area (Å²) in [5.41, 5.74) is -0.0362. The third-order valence-electron chi connectivity index (χ3n) is 3.30. The molecule has 0 spiro atoms. The van der Waals surface area contributed by atoms with E-state index in [9.17, 15) is 9.59 Å². The summed E-state index contributed by atoms with van der Waals surface area (Å²) >= 11 is 0. The van der Waals surface area contributed by atoms with Gasteiger partial charge in [-0.05, 0) is 13.3 Å². The van der Waals surface area contributed by atoms with Crippen molar-refractivity contribution >= 4 is 11.9 Å². The summed E-state index contributed by atoms with van der Waals surface area (Å²) in [5, 5.41) is 11.2. The number of rotatable bonds is 12. The fourth-order valence-corrected chi connectivity index (χ4v) is 2.06. The predicted molar refractivity (Wildman–Crippen MR) is 81.4 cm³/mol. The number of carbonyl (C=O) groups excluding carboxylic acids is 1. The van der Waals surface area contributed by atoms with E-state index < -0.39 is 5.97 Å². The van der Waals surface area contributed by atoms with Crippen LogP contribution in [-0.4, -0.2) is 17.0 Å². The molecule has 116 valence electrons. The van der Waals surface area contributed by atoms with E-state index in [2.05, 4.69) is 12.2 Å². The Hall–Kier alpha value is -1.32. The molecule has 1 amide bonds. The maximum atomic E-state index is 11.5. The second-order valence-corrected chi connectivity index (χ2v) is 5.13. The summed E-state index contributed by atoms with van der Waals surface area (Å²) < 4.78 is 0. The number of hydrogen-bond donors (Lipinski definition) is 2. The fraction of sp³-hybridized carbons (Fsp3) is 0.750. The molecule has 0 unspecified atom stereocenters.